The van der Waals surface area contributed by atoms with Crippen molar-refractivity contribution < 1.29 is 18.6 Å². The lowest BCUT2D eigenvalue weighted by molar-refractivity contribution is 0.354. The zero-order valence-electron chi connectivity index (χ0n) is 16.4. The number of hydrogen-bond acceptors (Lipinski definition) is 6. The number of rotatable bonds is 8. The van der Waals surface area contributed by atoms with E-state index >= 15 is 0 Å². The molecular weight excluding hydrogens is 397 g/mol. The lowest BCUT2D eigenvalue weighted by Gasteiger charge is -2.19. The number of anilines is 1. The number of nitrogens with zero attached hydrogens (tertiary/aromatic N) is 3. The third kappa shape index (κ3) is 5.26. The molecule has 0 radical (unpaired) electrons. The zero-order chi connectivity index (χ0) is 20.8. The van der Waals surface area contributed by atoms with E-state index in [0.717, 1.165) is 12.0 Å². The first-order chi connectivity index (χ1) is 14.0. The third-order valence-electron chi connectivity index (χ3n) is 4.32. The van der Waals surface area contributed by atoms with Crippen LogP contribution in [0, 0.1) is 5.82 Å². The molecule has 6 nitrogen and oxygen atoms in total. The number of halogens is 2. The predicted octanol–water partition coefficient (Wildman–Crippen LogP) is 4.76. The van der Waals surface area contributed by atoms with Gasteiger partial charge in [0, 0.05) is 25.7 Å². The Bertz CT molecular complexity index is 987. The van der Waals surface area contributed by atoms with Crippen LogP contribution in [0.25, 0.3) is 0 Å². The van der Waals surface area contributed by atoms with Gasteiger partial charge in [0.2, 0.25) is 5.88 Å². The van der Waals surface area contributed by atoms with Gasteiger partial charge in [-0.05, 0) is 36.2 Å². The Kier molecular flexibility index (Phi) is 6.72. The quantitative estimate of drug-likeness (QED) is 0.526. The van der Waals surface area contributed by atoms with Crippen molar-refractivity contribution in [2.75, 3.05) is 32.7 Å². The molecule has 0 unspecified atom stereocenters. The molecule has 1 aromatic heterocycles. The fourth-order valence-corrected chi connectivity index (χ4v) is 2.87. The Hall–Kier alpha value is -3.06. The second-order valence-electron chi connectivity index (χ2n) is 6.25. The summed E-state index contributed by atoms with van der Waals surface area (Å²) in [5.74, 6) is 2.33. The molecule has 0 aliphatic rings. The highest BCUT2D eigenvalue weighted by Crippen LogP contribution is 2.28. The van der Waals surface area contributed by atoms with E-state index in [4.69, 9.17) is 25.8 Å². The number of methoxy groups -OCH3 is 2. The van der Waals surface area contributed by atoms with Gasteiger partial charge in [-0.25, -0.2) is 14.4 Å². The molecule has 8 heteroatoms. The molecule has 29 heavy (non-hydrogen) atoms. The minimum Gasteiger partial charge on any atom is -0.493 e. The molecule has 0 atom stereocenters. The maximum absolute atomic E-state index is 13.3. The van der Waals surface area contributed by atoms with E-state index in [1.165, 1.54) is 24.5 Å². The van der Waals surface area contributed by atoms with E-state index in [0.29, 0.717) is 35.5 Å². The van der Waals surface area contributed by atoms with E-state index in [2.05, 4.69) is 9.97 Å². The summed E-state index contributed by atoms with van der Waals surface area (Å²) in [6, 6.07) is 11.7. The Morgan fingerprint density at radius 1 is 1.00 bits per heavy atom. The van der Waals surface area contributed by atoms with Gasteiger partial charge in [0.05, 0.1) is 19.2 Å². The number of hydrogen-bond donors (Lipinski definition) is 0. The van der Waals surface area contributed by atoms with Crippen LogP contribution in [0.2, 0.25) is 5.02 Å². The summed E-state index contributed by atoms with van der Waals surface area (Å²) >= 11 is 5.79. The SMILES string of the molecule is COc1ccc(CCN(C)c2cc(Oc3ccc(F)c(Cl)c3)ncn2)cc1OC. The first-order valence-corrected chi connectivity index (χ1v) is 9.25. The Balaban J connectivity index is 1.66. The van der Waals surface area contributed by atoms with Crippen molar-refractivity contribution in [3.8, 4) is 23.1 Å². The molecule has 0 bridgehead atoms. The van der Waals surface area contributed by atoms with Crippen LogP contribution in [-0.4, -0.2) is 37.8 Å². The molecule has 0 aliphatic heterocycles. The lowest BCUT2D eigenvalue weighted by atomic mass is 10.1. The zero-order valence-corrected chi connectivity index (χ0v) is 17.1. The van der Waals surface area contributed by atoms with Crippen molar-refractivity contribution in [2.45, 2.75) is 6.42 Å². The fourth-order valence-electron chi connectivity index (χ4n) is 2.70. The molecule has 0 saturated heterocycles. The highest BCUT2D eigenvalue weighted by molar-refractivity contribution is 6.30. The Morgan fingerprint density at radius 2 is 1.79 bits per heavy atom. The van der Waals surface area contributed by atoms with Crippen LogP contribution in [0.3, 0.4) is 0 Å². The van der Waals surface area contributed by atoms with E-state index < -0.39 is 5.82 Å². The number of likely N-dealkylation sites (N-methyl/N-ethyl adjacent to an activating group) is 1. The molecule has 0 aliphatic carbocycles. The van der Waals surface area contributed by atoms with Gasteiger partial charge in [0.15, 0.2) is 11.5 Å². The topological polar surface area (TPSA) is 56.7 Å². The maximum Gasteiger partial charge on any atom is 0.224 e. The summed E-state index contributed by atoms with van der Waals surface area (Å²) < 4.78 is 29.6. The van der Waals surface area contributed by atoms with Crippen molar-refractivity contribution in [2.24, 2.45) is 0 Å². The molecule has 0 N–H and O–H groups in total. The molecule has 3 rings (SSSR count). The van der Waals surface area contributed by atoms with E-state index in [1.54, 1.807) is 20.3 Å². The van der Waals surface area contributed by atoms with Crippen LogP contribution in [0.1, 0.15) is 5.56 Å². The van der Waals surface area contributed by atoms with Crippen molar-refractivity contribution >= 4 is 17.4 Å². The van der Waals surface area contributed by atoms with E-state index in [-0.39, 0.29) is 5.02 Å². The number of benzene rings is 2. The predicted molar refractivity (Wildman–Crippen MR) is 110 cm³/mol. The van der Waals surface area contributed by atoms with Crippen molar-refractivity contribution in [3.63, 3.8) is 0 Å². The highest BCUT2D eigenvalue weighted by atomic mass is 35.5. The molecule has 0 amide bonds. The Morgan fingerprint density at radius 3 is 2.52 bits per heavy atom. The van der Waals surface area contributed by atoms with Crippen LogP contribution in [-0.2, 0) is 6.42 Å². The van der Waals surface area contributed by atoms with Crippen LogP contribution in [0.15, 0.2) is 48.8 Å². The van der Waals surface area contributed by atoms with Gasteiger partial charge in [-0.1, -0.05) is 17.7 Å². The average molecular weight is 418 g/mol. The number of aromatic nitrogens is 2. The van der Waals surface area contributed by atoms with Gasteiger partial charge in [-0.3, -0.25) is 0 Å². The van der Waals surface area contributed by atoms with Gasteiger partial charge in [0.25, 0.3) is 0 Å². The fraction of sp³-hybridized carbons (Fsp3) is 0.238. The van der Waals surface area contributed by atoms with Gasteiger partial charge >= 0.3 is 0 Å². The first-order valence-electron chi connectivity index (χ1n) is 8.87. The summed E-state index contributed by atoms with van der Waals surface area (Å²) in [4.78, 5) is 10.4. The van der Waals surface area contributed by atoms with Gasteiger partial charge in [-0.2, -0.15) is 0 Å². The Labute approximate surface area is 173 Å². The third-order valence-corrected chi connectivity index (χ3v) is 4.61. The smallest absolute Gasteiger partial charge is 0.224 e. The average Bonchev–Trinajstić information content (AvgIpc) is 2.74. The van der Waals surface area contributed by atoms with Gasteiger partial charge < -0.3 is 19.1 Å². The van der Waals surface area contributed by atoms with E-state index in [1.807, 2.05) is 30.1 Å². The summed E-state index contributed by atoms with van der Waals surface area (Å²) in [5.41, 5.74) is 1.11. The standard InChI is InChI=1S/C21H21ClFN3O3/c1-26(9-8-14-4-7-18(27-2)19(10-14)28-3)20-12-21(25-13-24-20)29-15-5-6-17(23)16(22)11-15/h4-7,10-13H,8-9H2,1-3H3. The normalized spacial score (nSPS) is 10.5. The van der Waals surface area contributed by atoms with E-state index in [9.17, 15) is 4.39 Å². The molecule has 0 spiro atoms. The molecule has 0 saturated carbocycles. The molecular formula is C21H21ClFN3O3. The van der Waals surface area contributed by atoms with Crippen molar-refractivity contribution in [1.82, 2.24) is 9.97 Å². The minimum absolute atomic E-state index is 0.0104. The first kappa shape index (κ1) is 20.7. The number of ether oxygens (including phenoxy) is 3. The summed E-state index contributed by atoms with van der Waals surface area (Å²) in [6.07, 6.45) is 2.20. The van der Waals surface area contributed by atoms with Crippen molar-refractivity contribution in [3.05, 3.63) is 65.2 Å². The monoisotopic (exact) mass is 417 g/mol. The largest absolute Gasteiger partial charge is 0.493 e. The maximum atomic E-state index is 13.3. The molecule has 1 heterocycles. The second-order valence-corrected chi connectivity index (χ2v) is 6.66. The highest BCUT2D eigenvalue weighted by Gasteiger charge is 2.09. The lowest BCUT2D eigenvalue weighted by Crippen LogP contribution is -2.21. The van der Waals surface area contributed by atoms with Gasteiger partial charge in [-0.15, -0.1) is 0 Å². The minimum atomic E-state index is -0.503. The van der Waals surface area contributed by atoms with Crippen LogP contribution < -0.4 is 19.1 Å². The second kappa shape index (κ2) is 9.43. The van der Waals surface area contributed by atoms with Crippen LogP contribution >= 0.6 is 11.6 Å². The van der Waals surface area contributed by atoms with Crippen molar-refractivity contribution in [1.29, 1.82) is 0 Å². The molecule has 0 fully saturated rings. The molecule has 152 valence electrons. The summed E-state index contributed by atoms with van der Waals surface area (Å²) in [5, 5.41) is -0.0104. The molecule has 3 aromatic rings. The summed E-state index contributed by atoms with van der Waals surface area (Å²) in [7, 11) is 5.16. The van der Waals surface area contributed by atoms with Gasteiger partial charge in [0.1, 0.15) is 23.7 Å². The summed E-state index contributed by atoms with van der Waals surface area (Å²) in [6.45, 7) is 0.717. The van der Waals surface area contributed by atoms with Crippen LogP contribution in [0.4, 0.5) is 10.2 Å². The van der Waals surface area contributed by atoms with Crippen LogP contribution in [0.5, 0.6) is 23.1 Å². The molecule has 2 aromatic carbocycles.